The summed E-state index contributed by atoms with van der Waals surface area (Å²) in [6.45, 7) is 6.43. The van der Waals surface area contributed by atoms with Crippen LogP contribution in [0.4, 0.5) is 0 Å². The smallest absolute Gasteiger partial charge is 0.217 e. The van der Waals surface area contributed by atoms with Crippen molar-refractivity contribution in [2.75, 3.05) is 13.2 Å². The van der Waals surface area contributed by atoms with Gasteiger partial charge in [0.15, 0.2) is 0 Å². The molecule has 24 heavy (non-hydrogen) atoms. The molecule has 6 nitrogen and oxygen atoms in total. The van der Waals surface area contributed by atoms with Crippen molar-refractivity contribution in [3.8, 4) is 0 Å². The lowest BCUT2D eigenvalue weighted by Gasteiger charge is -2.31. The van der Waals surface area contributed by atoms with Crippen LogP contribution in [-0.4, -0.2) is 40.9 Å². The van der Waals surface area contributed by atoms with Crippen molar-refractivity contribution < 1.29 is 9.53 Å². The maximum Gasteiger partial charge on any atom is 0.217 e. The molecule has 0 bridgehead atoms. The number of ether oxygens (including phenoxy) is 1. The summed E-state index contributed by atoms with van der Waals surface area (Å²) in [6.07, 6.45) is 7.55. The Morgan fingerprint density at radius 3 is 2.75 bits per heavy atom. The van der Waals surface area contributed by atoms with Crippen molar-refractivity contribution in [1.82, 2.24) is 20.4 Å². The van der Waals surface area contributed by atoms with Crippen LogP contribution in [0.3, 0.4) is 0 Å². The average molecular weight is 334 g/mol. The zero-order chi connectivity index (χ0) is 16.9. The van der Waals surface area contributed by atoms with Crippen LogP contribution in [0, 0.1) is 5.92 Å². The third kappa shape index (κ3) is 4.16. The predicted molar refractivity (Wildman–Crippen MR) is 92.6 cm³/mol. The second-order valence-electron chi connectivity index (χ2n) is 7.07. The molecule has 1 saturated heterocycles. The molecule has 2 atom stereocenters. The Hall–Kier alpha value is -1.40. The number of aromatic nitrogens is 2. The van der Waals surface area contributed by atoms with Crippen LogP contribution in [0.15, 0.2) is 12.3 Å². The Morgan fingerprint density at radius 2 is 2.04 bits per heavy atom. The van der Waals surface area contributed by atoms with E-state index in [-0.39, 0.29) is 12.0 Å². The second kappa shape index (κ2) is 8.12. The van der Waals surface area contributed by atoms with Crippen molar-refractivity contribution in [3.63, 3.8) is 0 Å². The number of carbonyl (C=O) groups excluding carboxylic acids is 1. The van der Waals surface area contributed by atoms with E-state index >= 15 is 0 Å². The number of rotatable bonds is 6. The van der Waals surface area contributed by atoms with Gasteiger partial charge in [-0.15, -0.1) is 0 Å². The zero-order valence-corrected chi connectivity index (χ0v) is 14.8. The number of hydrogen-bond acceptors (Lipinski definition) is 4. The topological polar surface area (TPSA) is 68.2 Å². The van der Waals surface area contributed by atoms with Gasteiger partial charge in [0, 0.05) is 50.8 Å². The molecule has 1 amide bonds. The molecular formula is C18H30N4O2. The summed E-state index contributed by atoms with van der Waals surface area (Å²) in [7, 11) is 0. The van der Waals surface area contributed by atoms with Crippen LogP contribution < -0.4 is 10.6 Å². The minimum atomic E-state index is 0.0879. The summed E-state index contributed by atoms with van der Waals surface area (Å²) >= 11 is 0. The Balaban J connectivity index is 1.47. The maximum absolute atomic E-state index is 11.1. The van der Waals surface area contributed by atoms with E-state index in [1.807, 2.05) is 10.9 Å². The quantitative estimate of drug-likeness (QED) is 0.835. The van der Waals surface area contributed by atoms with Gasteiger partial charge in [-0.25, -0.2) is 0 Å². The minimum absolute atomic E-state index is 0.0879. The van der Waals surface area contributed by atoms with Gasteiger partial charge < -0.3 is 15.4 Å². The Kier molecular flexibility index (Phi) is 5.89. The summed E-state index contributed by atoms with van der Waals surface area (Å²) < 4.78 is 8.05. The lowest BCUT2D eigenvalue weighted by atomic mass is 9.90. The van der Waals surface area contributed by atoms with E-state index in [1.54, 1.807) is 6.92 Å². The highest BCUT2D eigenvalue weighted by molar-refractivity contribution is 5.73. The van der Waals surface area contributed by atoms with Crippen molar-refractivity contribution >= 4 is 5.91 Å². The van der Waals surface area contributed by atoms with Crippen LogP contribution in [0.1, 0.15) is 57.7 Å². The Bertz CT molecular complexity index is 537. The molecule has 1 aromatic rings. The monoisotopic (exact) mass is 334 g/mol. The van der Waals surface area contributed by atoms with E-state index in [1.165, 1.54) is 5.69 Å². The van der Waals surface area contributed by atoms with E-state index < -0.39 is 0 Å². The standard InChI is InChI=1S/C18H30N4O2/c1-3-22-17(8-10-20-22)18-14(9-11-24-18)12-19-15-4-6-16(7-5-15)21-13(2)23/h8,10,14-16,18-19H,3-7,9,11-12H2,1-2H3,(H,21,23)/t14-,15?,16?,18+/m0/s1. The van der Waals surface area contributed by atoms with Gasteiger partial charge in [0.2, 0.25) is 5.91 Å². The van der Waals surface area contributed by atoms with Gasteiger partial charge in [-0.2, -0.15) is 5.10 Å². The number of amides is 1. The average Bonchev–Trinajstić information content (AvgIpc) is 3.21. The third-order valence-corrected chi connectivity index (χ3v) is 5.36. The summed E-state index contributed by atoms with van der Waals surface area (Å²) in [5.74, 6) is 0.602. The van der Waals surface area contributed by atoms with Crippen LogP contribution >= 0.6 is 0 Å². The van der Waals surface area contributed by atoms with E-state index in [2.05, 4.69) is 28.7 Å². The summed E-state index contributed by atoms with van der Waals surface area (Å²) in [5, 5.41) is 11.2. The van der Waals surface area contributed by atoms with Crippen LogP contribution in [-0.2, 0) is 16.1 Å². The first-order chi connectivity index (χ1) is 11.7. The molecule has 0 radical (unpaired) electrons. The predicted octanol–water partition coefficient (Wildman–Crippen LogP) is 2.02. The van der Waals surface area contributed by atoms with Gasteiger partial charge >= 0.3 is 0 Å². The lowest BCUT2D eigenvalue weighted by Crippen LogP contribution is -2.42. The highest BCUT2D eigenvalue weighted by Crippen LogP contribution is 2.34. The van der Waals surface area contributed by atoms with E-state index in [0.717, 1.165) is 51.8 Å². The van der Waals surface area contributed by atoms with Gasteiger partial charge in [0.1, 0.15) is 6.10 Å². The first-order valence-corrected chi connectivity index (χ1v) is 9.31. The number of hydrogen-bond donors (Lipinski definition) is 2. The second-order valence-corrected chi connectivity index (χ2v) is 7.07. The molecular weight excluding hydrogens is 304 g/mol. The van der Waals surface area contributed by atoms with Crippen LogP contribution in [0.2, 0.25) is 0 Å². The van der Waals surface area contributed by atoms with Crippen molar-refractivity contribution in [3.05, 3.63) is 18.0 Å². The molecule has 1 saturated carbocycles. The molecule has 2 aliphatic rings. The summed E-state index contributed by atoms with van der Waals surface area (Å²) in [5.41, 5.74) is 1.20. The Morgan fingerprint density at radius 1 is 1.29 bits per heavy atom. The normalized spacial score (nSPS) is 30.4. The molecule has 2 heterocycles. The molecule has 0 unspecified atom stereocenters. The fourth-order valence-electron chi connectivity index (χ4n) is 4.07. The maximum atomic E-state index is 11.1. The highest BCUT2D eigenvalue weighted by atomic mass is 16.5. The molecule has 1 aliphatic heterocycles. The van der Waals surface area contributed by atoms with Crippen LogP contribution in [0.5, 0.6) is 0 Å². The molecule has 3 rings (SSSR count). The third-order valence-electron chi connectivity index (χ3n) is 5.36. The molecule has 6 heteroatoms. The van der Waals surface area contributed by atoms with Crippen LogP contribution in [0.25, 0.3) is 0 Å². The van der Waals surface area contributed by atoms with Crippen molar-refractivity contribution in [2.45, 2.75) is 70.7 Å². The molecule has 1 aliphatic carbocycles. The van der Waals surface area contributed by atoms with Crippen molar-refractivity contribution in [2.24, 2.45) is 5.92 Å². The van der Waals surface area contributed by atoms with Gasteiger partial charge in [-0.05, 0) is 45.1 Å². The van der Waals surface area contributed by atoms with E-state index in [9.17, 15) is 4.79 Å². The van der Waals surface area contributed by atoms with Gasteiger partial charge in [-0.1, -0.05) is 0 Å². The number of nitrogens with one attached hydrogen (secondary N) is 2. The summed E-state index contributed by atoms with van der Waals surface area (Å²) in [6, 6.07) is 3.01. The molecule has 1 aromatic heterocycles. The number of carbonyl (C=O) groups is 1. The SMILES string of the molecule is CCn1nccc1[C@@H]1OCC[C@H]1CNC1CCC(NC(C)=O)CC1. The van der Waals surface area contributed by atoms with Crippen molar-refractivity contribution in [1.29, 1.82) is 0 Å². The largest absolute Gasteiger partial charge is 0.372 e. The molecule has 2 fully saturated rings. The molecule has 2 N–H and O–H groups in total. The molecule has 0 aromatic carbocycles. The highest BCUT2D eigenvalue weighted by Gasteiger charge is 2.32. The fourth-order valence-corrected chi connectivity index (χ4v) is 4.07. The number of nitrogens with zero attached hydrogens (tertiary/aromatic N) is 2. The zero-order valence-electron chi connectivity index (χ0n) is 14.8. The first kappa shape index (κ1) is 17.4. The summed E-state index contributed by atoms with van der Waals surface area (Å²) in [4.78, 5) is 11.1. The van der Waals surface area contributed by atoms with Gasteiger partial charge in [0.05, 0.1) is 5.69 Å². The number of aryl methyl sites for hydroxylation is 1. The molecule has 134 valence electrons. The molecule has 0 spiro atoms. The first-order valence-electron chi connectivity index (χ1n) is 9.31. The van der Waals surface area contributed by atoms with Gasteiger partial charge in [-0.3, -0.25) is 9.48 Å². The van der Waals surface area contributed by atoms with Gasteiger partial charge in [0.25, 0.3) is 0 Å². The fraction of sp³-hybridized carbons (Fsp3) is 0.778. The van der Waals surface area contributed by atoms with E-state index in [4.69, 9.17) is 4.74 Å². The van der Waals surface area contributed by atoms with E-state index in [0.29, 0.717) is 18.0 Å². The lowest BCUT2D eigenvalue weighted by molar-refractivity contribution is -0.119. The minimum Gasteiger partial charge on any atom is -0.372 e. The Labute approximate surface area is 144 Å².